The molecule has 1 aromatic carbocycles. The molecular formula is C16H20F3NO2. The van der Waals surface area contributed by atoms with E-state index in [4.69, 9.17) is 4.74 Å². The van der Waals surface area contributed by atoms with Crippen molar-refractivity contribution >= 4 is 5.97 Å². The van der Waals surface area contributed by atoms with E-state index in [2.05, 4.69) is 0 Å². The number of halogens is 3. The zero-order valence-corrected chi connectivity index (χ0v) is 12.5. The number of rotatable bonds is 4. The second-order valence-corrected chi connectivity index (χ2v) is 5.48. The molecule has 2 rings (SSSR count). The van der Waals surface area contributed by atoms with Crippen molar-refractivity contribution in [1.29, 1.82) is 0 Å². The molecule has 1 atom stereocenters. The van der Waals surface area contributed by atoms with E-state index < -0.39 is 11.7 Å². The molecule has 1 aromatic rings. The SMILES string of the molecule is CCOC(=O)[C@@H]1CCCN(Cc2ccccc2C(F)(F)F)C1. The quantitative estimate of drug-likeness (QED) is 0.797. The number of piperidine rings is 1. The van der Waals surface area contributed by atoms with Gasteiger partial charge in [0.1, 0.15) is 0 Å². The van der Waals surface area contributed by atoms with E-state index in [0.29, 0.717) is 19.7 Å². The molecule has 0 spiro atoms. The van der Waals surface area contributed by atoms with Gasteiger partial charge >= 0.3 is 12.1 Å². The van der Waals surface area contributed by atoms with Crippen LogP contribution in [0.1, 0.15) is 30.9 Å². The monoisotopic (exact) mass is 315 g/mol. The number of carbonyl (C=O) groups excluding carboxylic acids is 1. The summed E-state index contributed by atoms with van der Waals surface area (Å²) in [5.74, 6) is -0.497. The van der Waals surface area contributed by atoms with Crippen LogP contribution in [0.5, 0.6) is 0 Å². The molecule has 0 unspecified atom stereocenters. The van der Waals surface area contributed by atoms with E-state index in [0.717, 1.165) is 18.9 Å². The number of nitrogens with zero attached hydrogens (tertiary/aromatic N) is 1. The Kier molecular flexibility index (Phi) is 5.45. The molecule has 1 heterocycles. The first kappa shape index (κ1) is 16.8. The molecule has 1 fully saturated rings. The molecule has 0 aliphatic carbocycles. The number of ether oxygens (including phenoxy) is 1. The maximum Gasteiger partial charge on any atom is 0.416 e. The maximum atomic E-state index is 13.0. The van der Waals surface area contributed by atoms with Gasteiger partial charge in [-0.25, -0.2) is 0 Å². The Balaban J connectivity index is 2.06. The third kappa shape index (κ3) is 4.22. The normalized spacial score (nSPS) is 19.9. The van der Waals surface area contributed by atoms with Gasteiger partial charge in [-0.2, -0.15) is 13.2 Å². The molecular weight excluding hydrogens is 295 g/mol. The van der Waals surface area contributed by atoms with Gasteiger partial charge in [0.15, 0.2) is 0 Å². The molecule has 0 saturated carbocycles. The first-order valence-electron chi connectivity index (χ1n) is 7.46. The van der Waals surface area contributed by atoms with E-state index in [1.165, 1.54) is 12.1 Å². The minimum atomic E-state index is -4.35. The summed E-state index contributed by atoms with van der Waals surface area (Å²) in [5.41, 5.74) is -0.354. The lowest BCUT2D eigenvalue weighted by Crippen LogP contribution is -2.39. The molecule has 1 aliphatic rings. The number of alkyl halides is 3. The molecule has 0 radical (unpaired) electrons. The van der Waals surface area contributed by atoms with Crippen molar-refractivity contribution in [3.63, 3.8) is 0 Å². The lowest BCUT2D eigenvalue weighted by atomic mass is 9.97. The lowest BCUT2D eigenvalue weighted by molar-refractivity contribution is -0.150. The third-order valence-corrected chi connectivity index (χ3v) is 3.84. The largest absolute Gasteiger partial charge is 0.466 e. The van der Waals surface area contributed by atoms with E-state index in [9.17, 15) is 18.0 Å². The molecule has 22 heavy (non-hydrogen) atoms. The van der Waals surface area contributed by atoms with Crippen LogP contribution in [0.2, 0.25) is 0 Å². The number of carbonyl (C=O) groups is 1. The van der Waals surface area contributed by atoms with Gasteiger partial charge in [-0.15, -0.1) is 0 Å². The highest BCUT2D eigenvalue weighted by Gasteiger charge is 2.34. The van der Waals surface area contributed by atoms with E-state index >= 15 is 0 Å². The first-order chi connectivity index (χ1) is 10.4. The Hall–Kier alpha value is -1.56. The average molecular weight is 315 g/mol. The Morgan fingerprint density at radius 1 is 1.36 bits per heavy atom. The van der Waals surface area contributed by atoms with Crippen LogP contribution in [0, 0.1) is 5.92 Å². The van der Waals surface area contributed by atoms with Crippen LogP contribution < -0.4 is 0 Å². The van der Waals surface area contributed by atoms with Crippen molar-refractivity contribution in [1.82, 2.24) is 4.90 Å². The summed E-state index contributed by atoms with van der Waals surface area (Å²) in [4.78, 5) is 13.7. The topological polar surface area (TPSA) is 29.5 Å². The van der Waals surface area contributed by atoms with Crippen LogP contribution in [-0.2, 0) is 22.3 Å². The Labute approximate surface area is 128 Å². The van der Waals surface area contributed by atoms with Crippen molar-refractivity contribution < 1.29 is 22.7 Å². The molecule has 1 saturated heterocycles. The molecule has 3 nitrogen and oxygen atoms in total. The fourth-order valence-electron chi connectivity index (χ4n) is 2.83. The van der Waals surface area contributed by atoms with Crippen molar-refractivity contribution in [3.8, 4) is 0 Å². The van der Waals surface area contributed by atoms with Crippen LogP contribution >= 0.6 is 0 Å². The Bertz CT molecular complexity index is 516. The summed E-state index contributed by atoms with van der Waals surface area (Å²) in [6, 6.07) is 5.60. The highest BCUT2D eigenvalue weighted by Crippen LogP contribution is 2.33. The molecule has 122 valence electrons. The van der Waals surface area contributed by atoms with Gasteiger partial charge < -0.3 is 4.74 Å². The van der Waals surface area contributed by atoms with Gasteiger partial charge in [0.2, 0.25) is 0 Å². The molecule has 6 heteroatoms. The summed E-state index contributed by atoms with van der Waals surface area (Å²) >= 11 is 0. The fourth-order valence-corrected chi connectivity index (χ4v) is 2.83. The highest BCUT2D eigenvalue weighted by molar-refractivity contribution is 5.72. The fraction of sp³-hybridized carbons (Fsp3) is 0.562. The second-order valence-electron chi connectivity index (χ2n) is 5.48. The smallest absolute Gasteiger partial charge is 0.416 e. The second kappa shape index (κ2) is 7.13. The summed E-state index contributed by atoms with van der Waals surface area (Å²) < 4.78 is 44.1. The van der Waals surface area contributed by atoms with E-state index in [-0.39, 0.29) is 24.0 Å². The van der Waals surface area contributed by atoms with Crippen LogP contribution in [0.3, 0.4) is 0 Å². The lowest BCUT2D eigenvalue weighted by Gasteiger charge is -2.32. The molecule has 1 aliphatic heterocycles. The van der Waals surface area contributed by atoms with Crippen LogP contribution in [0.15, 0.2) is 24.3 Å². The Morgan fingerprint density at radius 3 is 2.77 bits per heavy atom. The van der Waals surface area contributed by atoms with Gasteiger partial charge in [-0.3, -0.25) is 9.69 Å². The number of hydrogen-bond donors (Lipinski definition) is 0. The average Bonchev–Trinajstić information content (AvgIpc) is 2.47. The van der Waals surface area contributed by atoms with Gasteiger partial charge in [0.25, 0.3) is 0 Å². The van der Waals surface area contributed by atoms with Crippen molar-refractivity contribution in [2.45, 2.75) is 32.5 Å². The van der Waals surface area contributed by atoms with E-state index in [1.807, 2.05) is 4.90 Å². The van der Waals surface area contributed by atoms with Crippen LogP contribution in [0.25, 0.3) is 0 Å². The van der Waals surface area contributed by atoms with Gasteiger partial charge in [0.05, 0.1) is 18.1 Å². The number of esters is 1. The summed E-state index contributed by atoms with van der Waals surface area (Å²) in [6.07, 6.45) is -2.83. The van der Waals surface area contributed by atoms with Gasteiger partial charge in [-0.05, 0) is 37.9 Å². The van der Waals surface area contributed by atoms with Gasteiger partial charge in [0, 0.05) is 13.1 Å². The predicted molar refractivity (Wildman–Crippen MR) is 76.1 cm³/mol. The van der Waals surface area contributed by atoms with Crippen molar-refractivity contribution in [2.75, 3.05) is 19.7 Å². The number of hydrogen-bond acceptors (Lipinski definition) is 3. The number of benzene rings is 1. The zero-order valence-electron chi connectivity index (χ0n) is 12.5. The van der Waals surface area contributed by atoms with E-state index in [1.54, 1.807) is 13.0 Å². The molecule has 0 N–H and O–H groups in total. The maximum absolute atomic E-state index is 13.0. The van der Waals surface area contributed by atoms with Crippen LogP contribution in [-0.4, -0.2) is 30.6 Å². The molecule has 0 amide bonds. The van der Waals surface area contributed by atoms with Crippen molar-refractivity contribution in [3.05, 3.63) is 35.4 Å². The summed E-state index contributed by atoms with van der Waals surface area (Å²) in [7, 11) is 0. The summed E-state index contributed by atoms with van der Waals surface area (Å²) in [6.45, 7) is 3.42. The standard InChI is InChI=1S/C16H20F3NO2/c1-2-22-15(21)13-7-5-9-20(11-13)10-12-6-3-4-8-14(12)16(17,18)19/h3-4,6,8,13H,2,5,7,9-11H2,1H3/t13-/m1/s1. The Morgan fingerprint density at radius 2 is 2.09 bits per heavy atom. The summed E-state index contributed by atoms with van der Waals surface area (Å²) in [5, 5.41) is 0. The number of likely N-dealkylation sites (tertiary alicyclic amines) is 1. The van der Waals surface area contributed by atoms with Crippen LogP contribution in [0.4, 0.5) is 13.2 Å². The minimum Gasteiger partial charge on any atom is -0.466 e. The van der Waals surface area contributed by atoms with Crippen molar-refractivity contribution in [2.24, 2.45) is 5.92 Å². The first-order valence-corrected chi connectivity index (χ1v) is 7.46. The highest BCUT2D eigenvalue weighted by atomic mass is 19.4. The minimum absolute atomic E-state index is 0.200. The van der Waals surface area contributed by atoms with Gasteiger partial charge in [-0.1, -0.05) is 18.2 Å². The third-order valence-electron chi connectivity index (χ3n) is 3.84. The molecule has 0 aromatic heterocycles. The predicted octanol–water partition coefficient (Wildman–Crippen LogP) is 3.48. The molecule has 0 bridgehead atoms. The zero-order chi connectivity index (χ0) is 16.2.